The van der Waals surface area contributed by atoms with Gasteiger partial charge < -0.3 is 10.2 Å². The Morgan fingerprint density at radius 2 is 2.00 bits per heavy atom. The number of benzene rings is 1. The molecule has 0 bridgehead atoms. The van der Waals surface area contributed by atoms with Gasteiger partial charge >= 0.3 is 0 Å². The lowest BCUT2D eigenvalue weighted by atomic mass is 10.2. The standard InChI is InChI=1S/C13H20N2O3S/c1-15(2)9-5-8-14-13(16)11-6-4-7-12(10-11)19(3,17)18/h4,6-7,10H,5,8-9H2,1-3H3,(H,14,16). The number of nitrogens with zero attached hydrogens (tertiary/aromatic N) is 1. The monoisotopic (exact) mass is 284 g/mol. The summed E-state index contributed by atoms with van der Waals surface area (Å²) in [5.41, 5.74) is 0.368. The summed E-state index contributed by atoms with van der Waals surface area (Å²) in [4.78, 5) is 14.0. The van der Waals surface area contributed by atoms with Crippen molar-refractivity contribution in [1.82, 2.24) is 10.2 Å². The summed E-state index contributed by atoms with van der Waals surface area (Å²) >= 11 is 0. The number of hydrogen-bond acceptors (Lipinski definition) is 4. The Kier molecular flexibility index (Phi) is 5.50. The fourth-order valence-corrected chi connectivity index (χ4v) is 2.23. The molecule has 0 heterocycles. The van der Waals surface area contributed by atoms with Crippen LogP contribution in [0.25, 0.3) is 0 Å². The number of nitrogens with one attached hydrogen (secondary N) is 1. The molecule has 1 aromatic carbocycles. The van der Waals surface area contributed by atoms with Gasteiger partial charge in [0, 0.05) is 18.4 Å². The van der Waals surface area contributed by atoms with Crippen LogP contribution in [-0.4, -0.2) is 52.7 Å². The zero-order chi connectivity index (χ0) is 14.5. The van der Waals surface area contributed by atoms with E-state index < -0.39 is 9.84 Å². The summed E-state index contributed by atoms with van der Waals surface area (Å²) in [6.45, 7) is 1.46. The molecular weight excluding hydrogens is 264 g/mol. The Morgan fingerprint density at radius 3 is 2.58 bits per heavy atom. The van der Waals surface area contributed by atoms with Gasteiger partial charge in [-0.25, -0.2) is 8.42 Å². The summed E-state index contributed by atoms with van der Waals surface area (Å²) in [5, 5.41) is 2.77. The number of carbonyl (C=O) groups excluding carboxylic acids is 1. The van der Waals surface area contributed by atoms with E-state index >= 15 is 0 Å². The maximum Gasteiger partial charge on any atom is 0.251 e. The summed E-state index contributed by atoms with van der Waals surface area (Å²) in [6, 6.07) is 6.07. The summed E-state index contributed by atoms with van der Waals surface area (Å²) in [6.07, 6.45) is 1.98. The molecule has 0 unspecified atom stereocenters. The van der Waals surface area contributed by atoms with E-state index in [4.69, 9.17) is 0 Å². The molecule has 1 rings (SSSR count). The molecule has 0 aromatic heterocycles. The second kappa shape index (κ2) is 6.68. The first-order valence-electron chi connectivity index (χ1n) is 6.04. The van der Waals surface area contributed by atoms with Crippen molar-refractivity contribution in [2.75, 3.05) is 33.4 Å². The Labute approximate surface area is 114 Å². The van der Waals surface area contributed by atoms with Crippen LogP contribution in [-0.2, 0) is 9.84 Å². The van der Waals surface area contributed by atoms with Crippen LogP contribution in [0.2, 0.25) is 0 Å². The zero-order valence-corrected chi connectivity index (χ0v) is 12.3. The molecule has 0 aliphatic heterocycles. The van der Waals surface area contributed by atoms with Crippen molar-refractivity contribution < 1.29 is 13.2 Å². The van der Waals surface area contributed by atoms with Gasteiger partial charge in [-0.05, 0) is 45.3 Å². The van der Waals surface area contributed by atoms with Crippen molar-refractivity contribution in [1.29, 1.82) is 0 Å². The number of amides is 1. The largest absolute Gasteiger partial charge is 0.352 e. The van der Waals surface area contributed by atoms with Crippen molar-refractivity contribution in [2.24, 2.45) is 0 Å². The molecule has 6 heteroatoms. The number of sulfone groups is 1. The normalized spacial score (nSPS) is 11.6. The molecule has 0 radical (unpaired) electrons. The van der Waals surface area contributed by atoms with Crippen molar-refractivity contribution in [2.45, 2.75) is 11.3 Å². The van der Waals surface area contributed by atoms with Crippen LogP contribution in [0.5, 0.6) is 0 Å². The Hall–Kier alpha value is -1.40. The molecule has 1 N–H and O–H groups in total. The average molecular weight is 284 g/mol. The predicted molar refractivity (Wildman–Crippen MR) is 75.1 cm³/mol. The highest BCUT2D eigenvalue weighted by Gasteiger charge is 2.11. The molecule has 0 saturated carbocycles. The van der Waals surface area contributed by atoms with Crippen LogP contribution < -0.4 is 5.32 Å². The maximum absolute atomic E-state index is 11.8. The van der Waals surface area contributed by atoms with Crippen molar-refractivity contribution in [3.05, 3.63) is 29.8 Å². The summed E-state index contributed by atoms with van der Waals surface area (Å²) < 4.78 is 22.8. The number of carbonyl (C=O) groups is 1. The zero-order valence-electron chi connectivity index (χ0n) is 11.5. The lowest BCUT2D eigenvalue weighted by Gasteiger charge is -2.10. The van der Waals surface area contributed by atoms with Crippen LogP contribution in [0.3, 0.4) is 0 Å². The molecule has 1 amide bonds. The van der Waals surface area contributed by atoms with E-state index in [1.54, 1.807) is 12.1 Å². The molecular formula is C13H20N2O3S. The topological polar surface area (TPSA) is 66.5 Å². The molecule has 19 heavy (non-hydrogen) atoms. The van der Waals surface area contributed by atoms with Gasteiger partial charge in [0.25, 0.3) is 5.91 Å². The minimum Gasteiger partial charge on any atom is -0.352 e. The van der Waals surface area contributed by atoms with Crippen molar-refractivity contribution >= 4 is 15.7 Å². The average Bonchev–Trinajstić information content (AvgIpc) is 2.33. The first kappa shape index (κ1) is 15.7. The lowest BCUT2D eigenvalue weighted by molar-refractivity contribution is 0.0952. The third kappa shape index (κ3) is 5.40. The second-order valence-electron chi connectivity index (χ2n) is 4.71. The quantitative estimate of drug-likeness (QED) is 0.784. The van der Waals surface area contributed by atoms with Crippen LogP contribution >= 0.6 is 0 Å². The van der Waals surface area contributed by atoms with Gasteiger partial charge in [0.15, 0.2) is 9.84 Å². The first-order valence-corrected chi connectivity index (χ1v) is 7.93. The minimum absolute atomic E-state index is 0.161. The molecule has 0 spiro atoms. The predicted octanol–water partition coefficient (Wildman–Crippen LogP) is 0.772. The Balaban J connectivity index is 2.63. The van der Waals surface area contributed by atoms with Crippen LogP contribution in [0.15, 0.2) is 29.2 Å². The van der Waals surface area contributed by atoms with Gasteiger partial charge in [0.1, 0.15) is 0 Å². The van der Waals surface area contributed by atoms with Crippen LogP contribution in [0.4, 0.5) is 0 Å². The second-order valence-corrected chi connectivity index (χ2v) is 6.73. The third-order valence-electron chi connectivity index (χ3n) is 2.59. The van der Waals surface area contributed by atoms with Crippen molar-refractivity contribution in [3.63, 3.8) is 0 Å². The van der Waals surface area contributed by atoms with E-state index in [1.807, 2.05) is 19.0 Å². The number of hydrogen-bond donors (Lipinski definition) is 1. The van der Waals surface area contributed by atoms with E-state index in [2.05, 4.69) is 5.32 Å². The summed E-state index contributed by atoms with van der Waals surface area (Å²) in [5.74, 6) is -0.246. The first-order chi connectivity index (χ1) is 8.80. The van der Waals surface area contributed by atoms with Gasteiger partial charge in [0.05, 0.1) is 4.90 Å². The van der Waals surface area contributed by atoms with E-state index in [-0.39, 0.29) is 10.8 Å². The van der Waals surface area contributed by atoms with Gasteiger partial charge in [-0.3, -0.25) is 4.79 Å². The van der Waals surface area contributed by atoms with Crippen LogP contribution in [0, 0.1) is 0 Å². The van der Waals surface area contributed by atoms with Crippen LogP contribution in [0.1, 0.15) is 16.8 Å². The molecule has 106 valence electrons. The SMILES string of the molecule is CN(C)CCCNC(=O)c1cccc(S(C)(=O)=O)c1. The minimum atomic E-state index is -3.28. The van der Waals surface area contributed by atoms with Gasteiger partial charge in [-0.1, -0.05) is 6.07 Å². The molecule has 0 aliphatic rings. The Bertz CT molecular complexity index is 539. The molecule has 0 aliphatic carbocycles. The third-order valence-corrected chi connectivity index (χ3v) is 3.70. The molecule has 0 atom stereocenters. The highest BCUT2D eigenvalue weighted by Crippen LogP contribution is 2.11. The van der Waals surface area contributed by atoms with Gasteiger partial charge in [-0.15, -0.1) is 0 Å². The fraction of sp³-hybridized carbons (Fsp3) is 0.462. The molecule has 0 fully saturated rings. The van der Waals surface area contributed by atoms with Gasteiger partial charge in [0.2, 0.25) is 0 Å². The number of rotatable bonds is 6. The Morgan fingerprint density at radius 1 is 1.32 bits per heavy atom. The van der Waals surface area contributed by atoms with E-state index in [1.165, 1.54) is 12.1 Å². The molecule has 0 saturated heterocycles. The fourth-order valence-electron chi connectivity index (χ4n) is 1.57. The lowest BCUT2D eigenvalue weighted by Crippen LogP contribution is -2.27. The highest BCUT2D eigenvalue weighted by atomic mass is 32.2. The molecule has 5 nitrogen and oxygen atoms in total. The van der Waals surface area contributed by atoms with Gasteiger partial charge in [-0.2, -0.15) is 0 Å². The smallest absolute Gasteiger partial charge is 0.251 e. The van der Waals surface area contributed by atoms with E-state index in [0.29, 0.717) is 12.1 Å². The summed E-state index contributed by atoms with van der Waals surface area (Å²) in [7, 11) is 0.657. The van der Waals surface area contributed by atoms with Crippen molar-refractivity contribution in [3.8, 4) is 0 Å². The highest BCUT2D eigenvalue weighted by molar-refractivity contribution is 7.90. The molecule has 1 aromatic rings. The maximum atomic E-state index is 11.8. The van der Waals surface area contributed by atoms with E-state index in [9.17, 15) is 13.2 Å². The van der Waals surface area contributed by atoms with E-state index in [0.717, 1.165) is 19.2 Å².